The first-order valence-electron chi connectivity index (χ1n) is 10.6. The molecule has 4 rings (SSSR count). The summed E-state index contributed by atoms with van der Waals surface area (Å²) in [5.41, 5.74) is 2.41. The van der Waals surface area contributed by atoms with Gasteiger partial charge >= 0.3 is 5.97 Å². The number of hydrogen-bond acceptors (Lipinski definition) is 6. The van der Waals surface area contributed by atoms with Gasteiger partial charge in [-0.25, -0.2) is 13.2 Å². The highest BCUT2D eigenvalue weighted by Gasteiger charge is 2.31. The molecule has 1 aromatic heterocycles. The second-order valence-electron chi connectivity index (χ2n) is 7.91. The molecular weight excluding hydrogens is 496 g/mol. The predicted molar refractivity (Wildman–Crippen MR) is 133 cm³/mol. The summed E-state index contributed by atoms with van der Waals surface area (Å²) in [6, 6.07) is 12.7. The molecule has 178 valence electrons. The van der Waals surface area contributed by atoms with E-state index in [4.69, 9.17) is 16.3 Å². The summed E-state index contributed by atoms with van der Waals surface area (Å²) in [6.07, 6.45) is 2.51. The number of sulfonamides is 1. The van der Waals surface area contributed by atoms with Gasteiger partial charge < -0.3 is 10.1 Å². The standard InChI is InChI=1S/C24H23ClN2O5S2/c1-15-9-11-18(12-10-15)34(30,31)27(17-6-3-5-16(25)13-17)14-21(28)26-23-22(24(29)32-2)19-7-4-8-20(19)33-23/h3,5-6,9-13H,4,7-8,14H2,1-2H3,(H,26,28). The van der Waals surface area contributed by atoms with Gasteiger partial charge in [0, 0.05) is 9.90 Å². The Morgan fingerprint density at radius 2 is 1.88 bits per heavy atom. The summed E-state index contributed by atoms with van der Waals surface area (Å²) in [7, 11) is -2.78. The molecule has 1 N–H and O–H groups in total. The summed E-state index contributed by atoms with van der Waals surface area (Å²) in [5, 5.41) is 3.46. The minimum absolute atomic E-state index is 0.0521. The van der Waals surface area contributed by atoms with E-state index in [1.165, 1.54) is 36.6 Å². The Balaban J connectivity index is 1.67. The molecule has 0 fully saturated rings. The van der Waals surface area contributed by atoms with Crippen molar-refractivity contribution in [3.8, 4) is 0 Å². The highest BCUT2D eigenvalue weighted by atomic mass is 35.5. The van der Waals surface area contributed by atoms with Crippen molar-refractivity contribution in [2.75, 3.05) is 23.3 Å². The molecule has 10 heteroatoms. The van der Waals surface area contributed by atoms with Crippen molar-refractivity contribution in [1.82, 2.24) is 0 Å². The molecule has 0 spiro atoms. The van der Waals surface area contributed by atoms with E-state index in [1.807, 2.05) is 6.92 Å². The average molecular weight is 519 g/mol. The van der Waals surface area contributed by atoms with Crippen LogP contribution >= 0.6 is 22.9 Å². The molecule has 2 aromatic carbocycles. The smallest absolute Gasteiger partial charge is 0.341 e. The number of fused-ring (bicyclic) bond motifs is 1. The van der Waals surface area contributed by atoms with E-state index < -0.39 is 28.4 Å². The van der Waals surface area contributed by atoms with E-state index in [1.54, 1.807) is 30.3 Å². The zero-order valence-electron chi connectivity index (χ0n) is 18.6. The summed E-state index contributed by atoms with van der Waals surface area (Å²) < 4.78 is 33.0. The lowest BCUT2D eigenvalue weighted by Gasteiger charge is -2.24. The number of rotatable bonds is 7. The van der Waals surface area contributed by atoms with Crippen molar-refractivity contribution in [3.63, 3.8) is 0 Å². The van der Waals surface area contributed by atoms with Gasteiger partial charge in [-0.3, -0.25) is 9.10 Å². The van der Waals surface area contributed by atoms with Crippen LogP contribution in [0.4, 0.5) is 10.7 Å². The van der Waals surface area contributed by atoms with Crippen LogP contribution in [-0.4, -0.2) is 33.9 Å². The Morgan fingerprint density at radius 3 is 2.56 bits per heavy atom. The number of thiophene rings is 1. The molecule has 0 radical (unpaired) electrons. The molecular formula is C24H23ClN2O5S2. The van der Waals surface area contributed by atoms with Crippen molar-refractivity contribution in [3.05, 3.63) is 75.1 Å². The first-order valence-corrected chi connectivity index (χ1v) is 13.2. The molecule has 1 amide bonds. The predicted octanol–water partition coefficient (Wildman–Crippen LogP) is 4.82. The second kappa shape index (κ2) is 9.77. The van der Waals surface area contributed by atoms with Crippen LogP contribution in [0.2, 0.25) is 5.02 Å². The average Bonchev–Trinajstić information content (AvgIpc) is 3.38. The molecule has 3 aromatic rings. The molecule has 0 atom stereocenters. The Labute approximate surface area is 207 Å². The van der Waals surface area contributed by atoms with Crippen molar-refractivity contribution < 1.29 is 22.7 Å². The number of halogens is 1. The van der Waals surface area contributed by atoms with Gasteiger partial charge in [-0.15, -0.1) is 11.3 Å². The molecule has 0 saturated heterocycles. The Morgan fingerprint density at radius 1 is 1.15 bits per heavy atom. The summed E-state index contributed by atoms with van der Waals surface area (Å²) >= 11 is 7.44. The fourth-order valence-electron chi connectivity index (χ4n) is 3.89. The maximum absolute atomic E-state index is 13.5. The van der Waals surface area contributed by atoms with Gasteiger partial charge in [0.1, 0.15) is 11.5 Å². The zero-order valence-corrected chi connectivity index (χ0v) is 21.0. The van der Waals surface area contributed by atoms with Gasteiger partial charge in [0.15, 0.2) is 0 Å². The number of carbonyl (C=O) groups is 2. The van der Waals surface area contributed by atoms with Crippen molar-refractivity contribution in [2.45, 2.75) is 31.1 Å². The van der Waals surface area contributed by atoms with Crippen LogP contribution in [0.3, 0.4) is 0 Å². The number of hydrogen-bond donors (Lipinski definition) is 1. The van der Waals surface area contributed by atoms with Crippen LogP contribution in [0.5, 0.6) is 0 Å². The van der Waals surface area contributed by atoms with Crippen molar-refractivity contribution >= 4 is 55.5 Å². The van der Waals surface area contributed by atoms with E-state index in [0.717, 1.165) is 39.6 Å². The molecule has 1 aliphatic rings. The first kappa shape index (κ1) is 24.3. The third kappa shape index (κ3) is 4.82. The Hall–Kier alpha value is -2.88. The van der Waals surface area contributed by atoms with Crippen LogP contribution in [0.15, 0.2) is 53.4 Å². The molecule has 1 aliphatic carbocycles. The number of amides is 1. The van der Waals surface area contributed by atoms with Crippen molar-refractivity contribution in [1.29, 1.82) is 0 Å². The largest absolute Gasteiger partial charge is 0.465 e. The highest BCUT2D eigenvalue weighted by molar-refractivity contribution is 7.92. The number of nitrogens with one attached hydrogen (secondary N) is 1. The second-order valence-corrected chi connectivity index (χ2v) is 11.3. The maximum atomic E-state index is 13.5. The number of esters is 1. The van der Waals surface area contributed by atoms with Crippen LogP contribution in [0.1, 0.15) is 32.8 Å². The lowest BCUT2D eigenvalue weighted by Crippen LogP contribution is -2.38. The van der Waals surface area contributed by atoms with Gasteiger partial charge in [0.2, 0.25) is 5.91 Å². The van der Waals surface area contributed by atoms with E-state index in [2.05, 4.69) is 5.32 Å². The van der Waals surface area contributed by atoms with Gasteiger partial charge in [-0.05, 0) is 62.1 Å². The fraction of sp³-hybridized carbons (Fsp3) is 0.250. The lowest BCUT2D eigenvalue weighted by atomic mass is 10.1. The molecule has 7 nitrogen and oxygen atoms in total. The van der Waals surface area contributed by atoms with Gasteiger partial charge in [0.05, 0.1) is 23.3 Å². The minimum Gasteiger partial charge on any atom is -0.465 e. The van der Waals surface area contributed by atoms with Crippen LogP contribution in [0, 0.1) is 6.92 Å². The monoisotopic (exact) mass is 518 g/mol. The third-order valence-electron chi connectivity index (χ3n) is 5.56. The van der Waals surface area contributed by atoms with Gasteiger partial charge in [-0.1, -0.05) is 35.4 Å². The number of nitrogens with zero attached hydrogens (tertiary/aromatic N) is 1. The number of carbonyl (C=O) groups excluding carboxylic acids is 2. The van der Waals surface area contributed by atoms with E-state index >= 15 is 0 Å². The lowest BCUT2D eigenvalue weighted by molar-refractivity contribution is -0.114. The molecule has 0 saturated carbocycles. The summed E-state index contributed by atoms with van der Waals surface area (Å²) in [6.45, 7) is 1.36. The van der Waals surface area contributed by atoms with Gasteiger partial charge in [-0.2, -0.15) is 0 Å². The normalized spacial score (nSPS) is 12.8. The number of ether oxygens (including phenoxy) is 1. The Kier molecular flexibility index (Phi) is 6.97. The number of methoxy groups -OCH3 is 1. The SMILES string of the molecule is COC(=O)c1c(NC(=O)CN(c2cccc(Cl)c2)S(=O)(=O)c2ccc(C)cc2)sc2c1CCC2. The number of benzene rings is 2. The maximum Gasteiger partial charge on any atom is 0.341 e. The molecule has 34 heavy (non-hydrogen) atoms. The van der Waals surface area contributed by atoms with E-state index in [9.17, 15) is 18.0 Å². The van der Waals surface area contributed by atoms with Crippen LogP contribution in [-0.2, 0) is 32.4 Å². The zero-order chi connectivity index (χ0) is 24.5. The van der Waals surface area contributed by atoms with Crippen LogP contribution in [0.25, 0.3) is 0 Å². The van der Waals surface area contributed by atoms with Crippen LogP contribution < -0.4 is 9.62 Å². The molecule has 0 unspecified atom stereocenters. The fourth-order valence-corrected chi connectivity index (χ4v) is 6.78. The highest BCUT2D eigenvalue weighted by Crippen LogP contribution is 2.39. The minimum atomic E-state index is -4.08. The number of aryl methyl sites for hydroxylation is 2. The molecule has 0 bridgehead atoms. The summed E-state index contributed by atoms with van der Waals surface area (Å²) in [5.74, 6) is -1.10. The van der Waals surface area contributed by atoms with E-state index in [-0.39, 0.29) is 10.6 Å². The quantitative estimate of drug-likeness (QED) is 0.453. The number of anilines is 2. The Bertz CT molecular complexity index is 1350. The molecule has 1 heterocycles. The van der Waals surface area contributed by atoms with E-state index in [0.29, 0.717) is 15.6 Å². The van der Waals surface area contributed by atoms with Crippen molar-refractivity contribution in [2.24, 2.45) is 0 Å². The van der Waals surface area contributed by atoms with Gasteiger partial charge in [0.25, 0.3) is 10.0 Å². The summed E-state index contributed by atoms with van der Waals surface area (Å²) in [4.78, 5) is 26.6. The third-order valence-corrected chi connectivity index (χ3v) is 8.79. The first-order chi connectivity index (χ1) is 16.2. The molecule has 0 aliphatic heterocycles. The topological polar surface area (TPSA) is 92.8 Å².